The van der Waals surface area contributed by atoms with Crippen molar-refractivity contribution in [1.29, 1.82) is 0 Å². The summed E-state index contributed by atoms with van der Waals surface area (Å²) in [4.78, 5) is 10.8. The molecule has 0 aliphatic carbocycles. The van der Waals surface area contributed by atoms with Crippen LogP contribution in [0.15, 0.2) is 18.5 Å². The summed E-state index contributed by atoms with van der Waals surface area (Å²) in [6, 6.07) is 1.82. The summed E-state index contributed by atoms with van der Waals surface area (Å²) in [5.41, 5.74) is 0. The summed E-state index contributed by atoms with van der Waals surface area (Å²) in [5.74, 6) is -0.841. The quantitative estimate of drug-likeness (QED) is 0.837. The molecule has 0 aromatic carbocycles. The standard InChI is InChI=1S/C9H12N2O3.ClH/c12-9(13)8-7(2-5-14-8)6-11-4-1-3-10-11;/h1,3-4,7-8H,2,5-6H2,(H,12,13);1H. The third-order valence-corrected chi connectivity index (χ3v) is 2.44. The number of ether oxygens (including phenoxy) is 1. The molecule has 0 spiro atoms. The van der Waals surface area contributed by atoms with E-state index in [1.165, 1.54) is 0 Å². The number of hydrogen-bond donors (Lipinski definition) is 1. The molecule has 2 heterocycles. The van der Waals surface area contributed by atoms with Crippen LogP contribution in [0.2, 0.25) is 0 Å². The average Bonchev–Trinajstić information content (AvgIpc) is 2.75. The molecule has 1 aliphatic rings. The zero-order valence-electron chi connectivity index (χ0n) is 8.07. The fourth-order valence-electron chi connectivity index (χ4n) is 1.74. The number of carbonyl (C=O) groups is 1. The van der Waals surface area contributed by atoms with Gasteiger partial charge < -0.3 is 9.84 Å². The smallest absolute Gasteiger partial charge is 0.333 e. The minimum atomic E-state index is -0.875. The largest absolute Gasteiger partial charge is 0.479 e. The Morgan fingerprint density at radius 2 is 2.47 bits per heavy atom. The molecule has 2 rings (SSSR count). The van der Waals surface area contributed by atoms with Crippen molar-refractivity contribution in [3.8, 4) is 0 Å². The average molecular weight is 233 g/mol. The van der Waals surface area contributed by atoms with Crippen LogP contribution in [0.25, 0.3) is 0 Å². The van der Waals surface area contributed by atoms with Crippen LogP contribution in [-0.4, -0.2) is 33.6 Å². The van der Waals surface area contributed by atoms with E-state index in [1.807, 2.05) is 12.3 Å². The highest BCUT2D eigenvalue weighted by molar-refractivity contribution is 5.85. The molecule has 1 fully saturated rings. The lowest BCUT2D eigenvalue weighted by atomic mass is 10.0. The van der Waals surface area contributed by atoms with Crippen molar-refractivity contribution in [2.45, 2.75) is 19.1 Å². The summed E-state index contributed by atoms with van der Waals surface area (Å²) in [6.07, 6.45) is 3.64. The maximum Gasteiger partial charge on any atom is 0.333 e. The van der Waals surface area contributed by atoms with E-state index in [0.29, 0.717) is 13.2 Å². The van der Waals surface area contributed by atoms with Gasteiger partial charge in [-0.1, -0.05) is 0 Å². The third-order valence-electron chi connectivity index (χ3n) is 2.44. The molecule has 1 aromatic rings. The minimum absolute atomic E-state index is 0. The predicted octanol–water partition coefficient (Wildman–Crippen LogP) is 0.795. The molecule has 15 heavy (non-hydrogen) atoms. The van der Waals surface area contributed by atoms with Crippen molar-refractivity contribution in [3.05, 3.63) is 18.5 Å². The number of nitrogens with zero attached hydrogens (tertiary/aromatic N) is 2. The van der Waals surface area contributed by atoms with Crippen LogP contribution in [-0.2, 0) is 16.1 Å². The van der Waals surface area contributed by atoms with Gasteiger partial charge in [-0.2, -0.15) is 5.10 Å². The van der Waals surface area contributed by atoms with Gasteiger partial charge >= 0.3 is 5.97 Å². The molecule has 1 N–H and O–H groups in total. The second-order valence-electron chi connectivity index (χ2n) is 3.41. The first kappa shape index (κ1) is 12.0. The maximum atomic E-state index is 10.8. The van der Waals surface area contributed by atoms with Crippen molar-refractivity contribution in [1.82, 2.24) is 9.78 Å². The number of aliphatic carboxylic acids is 1. The van der Waals surface area contributed by atoms with E-state index in [1.54, 1.807) is 10.9 Å². The lowest BCUT2D eigenvalue weighted by Gasteiger charge is -2.13. The zero-order valence-corrected chi connectivity index (χ0v) is 8.89. The van der Waals surface area contributed by atoms with Crippen molar-refractivity contribution in [3.63, 3.8) is 0 Å². The molecule has 0 radical (unpaired) electrons. The molecule has 6 heteroatoms. The van der Waals surface area contributed by atoms with E-state index in [9.17, 15) is 4.79 Å². The SMILES string of the molecule is Cl.O=C(O)C1OCCC1Cn1cccn1. The molecule has 1 aliphatic heterocycles. The second kappa shape index (κ2) is 5.14. The van der Waals surface area contributed by atoms with Gasteiger partial charge in [0.2, 0.25) is 0 Å². The molecule has 2 atom stereocenters. The minimum Gasteiger partial charge on any atom is -0.479 e. The highest BCUT2D eigenvalue weighted by Gasteiger charge is 2.34. The lowest BCUT2D eigenvalue weighted by molar-refractivity contribution is -0.149. The Bertz CT molecular complexity index is 315. The first-order valence-electron chi connectivity index (χ1n) is 4.59. The monoisotopic (exact) mass is 232 g/mol. The number of rotatable bonds is 3. The Morgan fingerprint density at radius 1 is 1.67 bits per heavy atom. The van der Waals surface area contributed by atoms with E-state index >= 15 is 0 Å². The van der Waals surface area contributed by atoms with E-state index in [0.717, 1.165) is 6.42 Å². The molecule has 1 aromatic heterocycles. The molecule has 0 amide bonds. The molecule has 1 saturated heterocycles. The number of aromatic nitrogens is 2. The lowest BCUT2D eigenvalue weighted by Crippen LogP contribution is -2.29. The normalized spacial score (nSPS) is 24.8. The maximum absolute atomic E-state index is 10.8. The van der Waals surface area contributed by atoms with E-state index in [4.69, 9.17) is 9.84 Å². The van der Waals surface area contributed by atoms with Gasteiger partial charge in [-0.05, 0) is 12.5 Å². The topological polar surface area (TPSA) is 64.3 Å². The molecule has 2 unspecified atom stereocenters. The molecule has 84 valence electrons. The highest BCUT2D eigenvalue weighted by Crippen LogP contribution is 2.22. The Morgan fingerprint density at radius 3 is 3.07 bits per heavy atom. The van der Waals surface area contributed by atoms with Crippen molar-refractivity contribution >= 4 is 18.4 Å². The Kier molecular flexibility index (Phi) is 4.11. The van der Waals surface area contributed by atoms with Crippen molar-refractivity contribution < 1.29 is 14.6 Å². The second-order valence-corrected chi connectivity index (χ2v) is 3.41. The van der Waals surface area contributed by atoms with Gasteiger partial charge in [-0.15, -0.1) is 12.4 Å². The van der Waals surface area contributed by atoms with Gasteiger partial charge in [-0.25, -0.2) is 4.79 Å². The fraction of sp³-hybridized carbons (Fsp3) is 0.556. The van der Waals surface area contributed by atoms with Gasteiger partial charge in [0.25, 0.3) is 0 Å². The van der Waals surface area contributed by atoms with Crippen LogP contribution in [0.5, 0.6) is 0 Å². The van der Waals surface area contributed by atoms with Crippen LogP contribution in [0, 0.1) is 5.92 Å². The van der Waals surface area contributed by atoms with Crippen LogP contribution < -0.4 is 0 Å². The molecule has 0 bridgehead atoms. The number of carboxylic acids is 1. The van der Waals surface area contributed by atoms with Crippen molar-refractivity contribution in [2.75, 3.05) is 6.61 Å². The summed E-state index contributed by atoms with van der Waals surface area (Å²) in [7, 11) is 0. The summed E-state index contributed by atoms with van der Waals surface area (Å²) < 4.78 is 6.88. The first-order chi connectivity index (χ1) is 6.77. The summed E-state index contributed by atoms with van der Waals surface area (Å²) >= 11 is 0. The first-order valence-corrected chi connectivity index (χ1v) is 4.59. The predicted molar refractivity (Wildman–Crippen MR) is 55.0 cm³/mol. The Labute approximate surface area is 93.4 Å². The highest BCUT2D eigenvalue weighted by atomic mass is 35.5. The van der Waals surface area contributed by atoms with Gasteiger partial charge in [0.1, 0.15) is 0 Å². The van der Waals surface area contributed by atoms with E-state index < -0.39 is 12.1 Å². The van der Waals surface area contributed by atoms with Crippen LogP contribution in [0.3, 0.4) is 0 Å². The fourth-order valence-corrected chi connectivity index (χ4v) is 1.74. The van der Waals surface area contributed by atoms with Crippen LogP contribution in [0.1, 0.15) is 6.42 Å². The van der Waals surface area contributed by atoms with E-state index in [2.05, 4.69) is 5.10 Å². The molecule has 5 nitrogen and oxygen atoms in total. The van der Waals surface area contributed by atoms with Gasteiger partial charge in [0, 0.05) is 31.5 Å². The molecular weight excluding hydrogens is 220 g/mol. The van der Waals surface area contributed by atoms with Crippen LogP contribution in [0.4, 0.5) is 0 Å². The molecular formula is C9H13ClN2O3. The number of carboxylic acid groups (broad SMARTS) is 1. The Balaban J connectivity index is 0.00000112. The zero-order chi connectivity index (χ0) is 9.97. The Hall–Kier alpha value is -1.07. The van der Waals surface area contributed by atoms with E-state index in [-0.39, 0.29) is 18.3 Å². The van der Waals surface area contributed by atoms with Gasteiger partial charge in [-0.3, -0.25) is 4.68 Å². The summed E-state index contributed by atoms with van der Waals surface area (Å²) in [6.45, 7) is 1.15. The number of hydrogen-bond acceptors (Lipinski definition) is 3. The summed E-state index contributed by atoms with van der Waals surface area (Å²) in [5, 5.41) is 12.9. The molecule has 0 saturated carbocycles. The third kappa shape index (κ3) is 2.70. The van der Waals surface area contributed by atoms with Gasteiger partial charge in [0.05, 0.1) is 0 Å². The van der Waals surface area contributed by atoms with Crippen molar-refractivity contribution in [2.24, 2.45) is 5.92 Å². The van der Waals surface area contributed by atoms with Crippen LogP contribution >= 0.6 is 12.4 Å². The van der Waals surface area contributed by atoms with Gasteiger partial charge in [0.15, 0.2) is 6.10 Å². The number of halogens is 1.